The number of carbonyl (C=O) groups excluding carboxylic acids is 1. The monoisotopic (exact) mass is 236 g/mol. The maximum atomic E-state index is 12.2. The summed E-state index contributed by atoms with van der Waals surface area (Å²) in [5, 5.41) is 2.94. The first kappa shape index (κ1) is 12.1. The van der Waals surface area contributed by atoms with Gasteiger partial charge in [0.2, 0.25) is 5.91 Å². The van der Waals surface area contributed by atoms with Crippen molar-refractivity contribution in [3.63, 3.8) is 0 Å². The summed E-state index contributed by atoms with van der Waals surface area (Å²) in [5.74, 6) is 0.902. The number of hydrogen-bond acceptors (Lipinski definition) is 3. The van der Waals surface area contributed by atoms with E-state index in [0.717, 1.165) is 25.1 Å². The summed E-state index contributed by atoms with van der Waals surface area (Å²) >= 11 is 0. The Bertz CT molecular complexity index is 414. The lowest BCUT2D eigenvalue weighted by Crippen LogP contribution is -2.47. The van der Waals surface area contributed by atoms with Crippen molar-refractivity contribution in [2.75, 3.05) is 0 Å². The van der Waals surface area contributed by atoms with E-state index in [4.69, 9.17) is 5.73 Å². The number of rotatable bonds is 3. The number of imidazole rings is 1. The molecule has 0 radical (unpaired) electrons. The summed E-state index contributed by atoms with van der Waals surface area (Å²) in [6, 6.07) is -0.0242. The molecule has 0 saturated heterocycles. The minimum Gasteiger partial charge on any atom is -0.348 e. The highest BCUT2D eigenvalue weighted by atomic mass is 16.2. The second-order valence-electron chi connectivity index (χ2n) is 5.05. The van der Waals surface area contributed by atoms with Gasteiger partial charge in [-0.25, -0.2) is 4.98 Å². The second-order valence-corrected chi connectivity index (χ2v) is 5.05. The van der Waals surface area contributed by atoms with Crippen LogP contribution in [0.15, 0.2) is 12.4 Å². The van der Waals surface area contributed by atoms with E-state index in [1.807, 2.05) is 24.7 Å². The van der Waals surface area contributed by atoms with Gasteiger partial charge in [-0.05, 0) is 19.8 Å². The molecule has 94 valence electrons. The van der Waals surface area contributed by atoms with Gasteiger partial charge in [0.25, 0.3) is 0 Å². The average Bonchev–Trinajstić information content (AvgIpc) is 2.84. The van der Waals surface area contributed by atoms with E-state index in [9.17, 15) is 4.79 Å². The molecule has 0 spiro atoms. The van der Waals surface area contributed by atoms with E-state index in [0.29, 0.717) is 6.54 Å². The second kappa shape index (κ2) is 4.49. The fraction of sp³-hybridized carbons (Fsp3) is 0.667. The van der Waals surface area contributed by atoms with Crippen molar-refractivity contribution in [2.45, 2.75) is 38.8 Å². The molecular weight excluding hydrogens is 216 g/mol. The molecule has 0 aliphatic heterocycles. The van der Waals surface area contributed by atoms with Crippen LogP contribution in [-0.4, -0.2) is 21.5 Å². The van der Waals surface area contributed by atoms with E-state index in [-0.39, 0.29) is 11.9 Å². The van der Waals surface area contributed by atoms with E-state index >= 15 is 0 Å². The van der Waals surface area contributed by atoms with Crippen LogP contribution in [0.5, 0.6) is 0 Å². The van der Waals surface area contributed by atoms with Crippen molar-refractivity contribution < 1.29 is 4.79 Å². The summed E-state index contributed by atoms with van der Waals surface area (Å²) in [7, 11) is 1.91. The number of nitrogens with two attached hydrogens (primary N) is 1. The molecule has 1 fully saturated rings. The van der Waals surface area contributed by atoms with Gasteiger partial charge in [-0.15, -0.1) is 0 Å². The molecule has 5 heteroatoms. The van der Waals surface area contributed by atoms with Crippen molar-refractivity contribution in [3.05, 3.63) is 18.2 Å². The van der Waals surface area contributed by atoms with E-state index in [2.05, 4.69) is 10.3 Å². The number of carbonyl (C=O) groups is 1. The van der Waals surface area contributed by atoms with Gasteiger partial charge in [0, 0.05) is 25.5 Å². The van der Waals surface area contributed by atoms with E-state index in [1.54, 1.807) is 6.20 Å². The molecule has 0 aromatic carbocycles. The van der Waals surface area contributed by atoms with Gasteiger partial charge in [-0.2, -0.15) is 0 Å². The standard InChI is InChI=1S/C12H20N4O/c1-12(5-3-4-9(12)13)11(17)15-8-10-14-6-7-16(10)2/h6-7,9H,3-5,8,13H2,1-2H3,(H,15,17). The zero-order valence-electron chi connectivity index (χ0n) is 10.4. The zero-order valence-corrected chi connectivity index (χ0v) is 10.4. The molecule has 0 bridgehead atoms. The Hall–Kier alpha value is -1.36. The summed E-state index contributed by atoms with van der Waals surface area (Å²) in [4.78, 5) is 16.3. The third-order valence-electron chi connectivity index (χ3n) is 3.88. The van der Waals surface area contributed by atoms with Crippen LogP contribution in [0, 0.1) is 5.41 Å². The maximum Gasteiger partial charge on any atom is 0.227 e. The van der Waals surface area contributed by atoms with Crippen molar-refractivity contribution >= 4 is 5.91 Å². The van der Waals surface area contributed by atoms with Crippen molar-refractivity contribution in [1.82, 2.24) is 14.9 Å². The summed E-state index contributed by atoms with van der Waals surface area (Å²) in [6.45, 7) is 2.42. The first-order valence-electron chi connectivity index (χ1n) is 6.04. The van der Waals surface area contributed by atoms with Crippen LogP contribution in [0.2, 0.25) is 0 Å². The predicted octanol–water partition coefficient (Wildman–Crippen LogP) is 0.554. The molecule has 2 unspecified atom stereocenters. The third-order valence-corrected chi connectivity index (χ3v) is 3.88. The van der Waals surface area contributed by atoms with Crippen LogP contribution < -0.4 is 11.1 Å². The fourth-order valence-electron chi connectivity index (χ4n) is 2.40. The highest BCUT2D eigenvalue weighted by Crippen LogP contribution is 2.36. The Balaban J connectivity index is 1.96. The van der Waals surface area contributed by atoms with Gasteiger partial charge < -0.3 is 15.6 Å². The molecule has 1 amide bonds. The van der Waals surface area contributed by atoms with Gasteiger partial charge in [-0.3, -0.25) is 4.79 Å². The van der Waals surface area contributed by atoms with Gasteiger partial charge in [0.1, 0.15) is 5.82 Å². The Morgan fingerprint density at radius 3 is 3.06 bits per heavy atom. The Labute approximate surface area is 101 Å². The zero-order chi connectivity index (χ0) is 12.5. The van der Waals surface area contributed by atoms with Gasteiger partial charge in [0.15, 0.2) is 0 Å². The number of aromatic nitrogens is 2. The molecule has 1 heterocycles. The molecule has 3 N–H and O–H groups in total. The lowest BCUT2D eigenvalue weighted by atomic mass is 9.84. The molecule has 1 aromatic rings. The molecule has 1 saturated carbocycles. The molecule has 1 aromatic heterocycles. The Kier molecular flexibility index (Phi) is 3.19. The molecular formula is C12H20N4O. The smallest absolute Gasteiger partial charge is 0.227 e. The van der Waals surface area contributed by atoms with Crippen LogP contribution in [0.4, 0.5) is 0 Å². The molecule has 1 aliphatic rings. The molecule has 2 atom stereocenters. The van der Waals surface area contributed by atoms with Crippen LogP contribution in [0.3, 0.4) is 0 Å². The van der Waals surface area contributed by atoms with Gasteiger partial charge >= 0.3 is 0 Å². The SMILES string of the molecule is Cn1ccnc1CNC(=O)C1(C)CCCC1N. The van der Waals surface area contributed by atoms with Crippen LogP contribution in [0.25, 0.3) is 0 Å². The van der Waals surface area contributed by atoms with Crippen LogP contribution in [-0.2, 0) is 18.4 Å². The largest absolute Gasteiger partial charge is 0.348 e. The summed E-state index contributed by atoms with van der Waals surface area (Å²) in [6.07, 6.45) is 6.44. The van der Waals surface area contributed by atoms with Crippen LogP contribution in [0.1, 0.15) is 32.0 Å². The molecule has 2 rings (SSSR count). The Morgan fingerprint density at radius 2 is 2.53 bits per heavy atom. The predicted molar refractivity (Wildman–Crippen MR) is 65.0 cm³/mol. The summed E-state index contributed by atoms with van der Waals surface area (Å²) in [5.41, 5.74) is 5.60. The highest BCUT2D eigenvalue weighted by Gasteiger charge is 2.42. The lowest BCUT2D eigenvalue weighted by Gasteiger charge is -2.27. The van der Waals surface area contributed by atoms with E-state index < -0.39 is 5.41 Å². The van der Waals surface area contributed by atoms with Gasteiger partial charge in [-0.1, -0.05) is 6.42 Å². The van der Waals surface area contributed by atoms with Crippen molar-refractivity contribution in [2.24, 2.45) is 18.2 Å². The van der Waals surface area contributed by atoms with Crippen molar-refractivity contribution in [1.29, 1.82) is 0 Å². The maximum absolute atomic E-state index is 12.2. The Morgan fingerprint density at radius 1 is 1.76 bits per heavy atom. The number of amides is 1. The normalized spacial score (nSPS) is 28.3. The number of aryl methyl sites for hydroxylation is 1. The number of nitrogens with zero attached hydrogens (tertiary/aromatic N) is 2. The van der Waals surface area contributed by atoms with Gasteiger partial charge in [0.05, 0.1) is 12.0 Å². The topological polar surface area (TPSA) is 72.9 Å². The van der Waals surface area contributed by atoms with Crippen LogP contribution >= 0.6 is 0 Å². The van der Waals surface area contributed by atoms with E-state index in [1.165, 1.54) is 0 Å². The first-order valence-corrected chi connectivity index (χ1v) is 6.04. The quantitative estimate of drug-likeness (QED) is 0.805. The lowest BCUT2D eigenvalue weighted by molar-refractivity contribution is -0.130. The fourth-order valence-corrected chi connectivity index (χ4v) is 2.40. The minimum atomic E-state index is -0.412. The molecule has 1 aliphatic carbocycles. The minimum absolute atomic E-state index is 0.0242. The highest BCUT2D eigenvalue weighted by molar-refractivity contribution is 5.83. The molecule has 17 heavy (non-hydrogen) atoms. The summed E-state index contributed by atoms with van der Waals surface area (Å²) < 4.78 is 1.90. The molecule has 5 nitrogen and oxygen atoms in total. The van der Waals surface area contributed by atoms with Crippen molar-refractivity contribution in [3.8, 4) is 0 Å². The number of hydrogen-bond donors (Lipinski definition) is 2. The number of nitrogens with one attached hydrogen (secondary N) is 1. The average molecular weight is 236 g/mol. The third kappa shape index (κ3) is 2.20. The first-order chi connectivity index (χ1) is 8.04.